The molecule has 3 amide bonds. The zero-order chi connectivity index (χ0) is 22.8. The molecule has 32 heavy (non-hydrogen) atoms. The van der Waals surface area contributed by atoms with Gasteiger partial charge in [-0.25, -0.2) is 0 Å². The summed E-state index contributed by atoms with van der Waals surface area (Å²) in [4.78, 5) is 38.1. The number of hydrogen-bond donors (Lipinski definition) is 1. The van der Waals surface area contributed by atoms with E-state index in [2.05, 4.69) is 24.4 Å². The summed E-state index contributed by atoms with van der Waals surface area (Å²) in [5.41, 5.74) is 3.20. The van der Waals surface area contributed by atoms with Crippen LogP contribution >= 0.6 is 0 Å². The van der Waals surface area contributed by atoms with E-state index >= 15 is 0 Å². The number of hydrogen-bond acceptors (Lipinski definition) is 3. The summed E-state index contributed by atoms with van der Waals surface area (Å²) in [6.45, 7) is 2.62. The molecule has 0 saturated heterocycles. The molecule has 2 aromatic carbocycles. The highest BCUT2D eigenvalue weighted by atomic mass is 16.2. The van der Waals surface area contributed by atoms with E-state index in [0.29, 0.717) is 24.1 Å². The number of imide groups is 1. The van der Waals surface area contributed by atoms with Gasteiger partial charge >= 0.3 is 0 Å². The Bertz CT molecular complexity index is 886. The van der Waals surface area contributed by atoms with Gasteiger partial charge in [0.1, 0.15) is 0 Å². The predicted molar refractivity (Wildman–Crippen MR) is 128 cm³/mol. The van der Waals surface area contributed by atoms with Gasteiger partial charge in [-0.2, -0.15) is 0 Å². The molecule has 1 aliphatic heterocycles. The van der Waals surface area contributed by atoms with E-state index in [4.69, 9.17) is 0 Å². The summed E-state index contributed by atoms with van der Waals surface area (Å²) >= 11 is 0. The lowest BCUT2D eigenvalue weighted by molar-refractivity contribution is -0.116. The SMILES string of the molecule is CCc1ccc(NC(=O)CCCCCCCCCCN2C(=O)c3ccccc3C2=O)cc1. The predicted octanol–water partition coefficient (Wildman–Crippen LogP) is 5.99. The number of benzene rings is 2. The van der Waals surface area contributed by atoms with Gasteiger partial charge in [0, 0.05) is 18.7 Å². The molecule has 170 valence electrons. The fraction of sp³-hybridized carbons (Fsp3) is 0.444. The molecule has 1 heterocycles. The van der Waals surface area contributed by atoms with Crippen molar-refractivity contribution in [2.24, 2.45) is 0 Å². The van der Waals surface area contributed by atoms with E-state index in [1.54, 1.807) is 24.3 Å². The van der Waals surface area contributed by atoms with Gasteiger partial charge in [-0.3, -0.25) is 19.3 Å². The highest BCUT2D eigenvalue weighted by molar-refractivity contribution is 6.21. The van der Waals surface area contributed by atoms with E-state index in [0.717, 1.165) is 63.5 Å². The van der Waals surface area contributed by atoms with Crippen molar-refractivity contribution in [2.45, 2.75) is 71.1 Å². The van der Waals surface area contributed by atoms with Crippen LogP contribution in [0.5, 0.6) is 0 Å². The average molecular weight is 435 g/mol. The standard InChI is InChI=1S/C27H34N2O3/c1-2-21-16-18-22(19-17-21)28-25(30)15-9-7-5-3-4-6-8-12-20-29-26(31)23-13-10-11-14-24(23)27(29)32/h10-11,13-14,16-19H,2-9,12,15,20H2,1H3,(H,28,30). The van der Waals surface area contributed by atoms with Crippen LogP contribution in [0.2, 0.25) is 0 Å². The Morgan fingerprint density at radius 2 is 1.28 bits per heavy atom. The van der Waals surface area contributed by atoms with E-state index in [1.807, 2.05) is 12.1 Å². The molecular weight excluding hydrogens is 400 g/mol. The van der Waals surface area contributed by atoms with Crippen LogP contribution in [0.1, 0.15) is 91.0 Å². The summed E-state index contributed by atoms with van der Waals surface area (Å²) in [6, 6.07) is 15.1. The van der Waals surface area contributed by atoms with Crippen molar-refractivity contribution in [3.05, 3.63) is 65.2 Å². The third-order valence-corrected chi connectivity index (χ3v) is 6.06. The Morgan fingerprint density at radius 1 is 0.750 bits per heavy atom. The van der Waals surface area contributed by atoms with Gasteiger partial charge in [-0.05, 0) is 49.1 Å². The Morgan fingerprint density at radius 3 is 1.84 bits per heavy atom. The van der Waals surface area contributed by atoms with Crippen molar-refractivity contribution in [3.8, 4) is 0 Å². The second-order valence-corrected chi connectivity index (χ2v) is 8.48. The normalized spacial score (nSPS) is 12.8. The lowest BCUT2D eigenvalue weighted by Crippen LogP contribution is -2.30. The molecule has 0 saturated carbocycles. The Labute approximate surface area is 191 Å². The minimum atomic E-state index is -0.160. The van der Waals surface area contributed by atoms with E-state index in [1.165, 1.54) is 10.5 Å². The molecule has 5 heteroatoms. The van der Waals surface area contributed by atoms with Crippen molar-refractivity contribution >= 4 is 23.4 Å². The Balaban J connectivity index is 1.18. The summed E-state index contributed by atoms with van der Waals surface area (Å²) < 4.78 is 0. The maximum Gasteiger partial charge on any atom is 0.261 e. The summed E-state index contributed by atoms with van der Waals surface area (Å²) in [6.07, 6.45) is 9.98. The number of unbranched alkanes of at least 4 members (excludes halogenated alkanes) is 7. The largest absolute Gasteiger partial charge is 0.326 e. The zero-order valence-corrected chi connectivity index (χ0v) is 19.1. The van der Waals surface area contributed by atoms with Crippen LogP contribution in [0, 0.1) is 0 Å². The van der Waals surface area contributed by atoms with Crippen molar-refractivity contribution < 1.29 is 14.4 Å². The molecule has 1 N–H and O–H groups in total. The first kappa shape index (κ1) is 23.7. The van der Waals surface area contributed by atoms with Crippen LogP contribution in [0.25, 0.3) is 0 Å². The highest BCUT2D eigenvalue weighted by Crippen LogP contribution is 2.23. The smallest absolute Gasteiger partial charge is 0.261 e. The van der Waals surface area contributed by atoms with Crippen molar-refractivity contribution in [1.82, 2.24) is 4.90 Å². The Kier molecular flexibility index (Phi) is 9.02. The lowest BCUT2D eigenvalue weighted by atomic mass is 10.1. The minimum Gasteiger partial charge on any atom is -0.326 e. The molecule has 0 radical (unpaired) electrons. The number of rotatable bonds is 13. The molecule has 2 aromatic rings. The average Bonchev–Trinajstić information content (AvgIpc) is 3.05. The van der Waals surface area contributed by atoms with Crippen LogP contribution in [0.3, 0.4) is 0 Å². The summed E-state index contributed by atoms with van der Waals surface area (Å²) in [5.74, 6) is -0.234. The fourth-order valence-electron chi connectivity index (χ4n) is 4.11. The second kappa shape index (κ2) is 12.2. The summed E-state index contributed by atoms with van der Waals surface area (Å²) in [5, 5.41) is 2.96. The number of nitrogens with zero attached hydrogens (tertiary/aromatic N) is 1. The van der Waals surface area contributed by atoms with Crippen molar-refractivity contribution in [2.75, 3.05) is 11.9 Å². The monoisotopic (exact) mass is 434 g/mol. The van der Waals surface area contributed by atoms with Crippen LogP contribution in [-0.4, -0.2) is 29.2 Å². The topological polar surface area (TPSA) is 66.5 Å². The van der Waals surface area contributed by atoms with Gasteiger partial charge in [-0.1, -0.05) is 69.7 Å². The van der Waals surface area contributed by atoms with Gasteiger partial charge in [0.25, 0.3) is 11.8 Å². The third-order valence-electron chi connectivity index (χ3n) is 6.06. The van der Waals surface area contributed by atoms with Gasteiger partial charge in [0.05, 0.1) is 11.1 Å². The van der Waals surface area contributed by atoms with Crippen LogP contribution in [0.15, 0.2) is 48.5 Å². The zero-order valence-electron chi connectivity index (χ0n) is 19.1. The van der Waals surface area contributed by atoms with E-state index in [-0.39, 0.29) is 17.7 Å². The Hall–Kier alpha value is -2.95. The quantitative estimate of drug-likeness (QED) is 0.311. The number of carbonyl (C=O) groups is 3. The first-order chi connectivity index (χ1) is 15.6. The molecular formula is C27H34N2O3. The fourth-order valence-corrected chi connectivity index (χ4v) is 4.11. The highest BCUT2D eigenvalue weighted by Gasteiger charge is 2.34. The first-order valence-corrected chi connectivity index (χ1v) is 11.9. The number of fused-ring (bicyclic) bond motifs is 1. The molecule has 0 fully saturated rings. The number of aryl methyl sites for hydroxylation is 1. The molecule has 0 atom stereocenters. The molecule has 0 spiro atoms. The van der Waals surface area contributed by atoms with E-state index in [9.17, 15) is 14.4 Å². The molecule has 0 bridgehead atoms. The maximum absolute atomic E-state index is 12.3. The lowest BCUT2D eigenvalue weighted by Gasteiger charge is -2.13. The minimum absolute atomic E-state index is 0.0856. The van der Waals surface area contributed by atoms with Gasteiger partial charge < -0.3 is 5.32 Å². The van der Waals surface area contributed by atoms with Gasteiger partial charge in [-0.15, -0.1) is 0 Å². The van der Waals surface area contributed by atoms with Crippen LogP contribution in [0.4, 0.5) is 5.69 Å². The molecule has 0 aliphatic carbocycles. The third kappa shape index (κ3) is 6.52. The molecule has 3 rings (SSSR count). The van der Waals surface area contributed by atoms with Crippen molar-refractivity contribution in [3.63, 3.8) is 0 Å². The van der Waals surface area contributed by atoms with Crippen LogP contribution < -0.4 is 5.32 Å². The van der Waals surface area contributed by atoms with Crippen LogP contribution in [-0.2, 0) is 11.2 Å². The number of nitrogens with one attached hydrogen (secondary N) is 1. The molecule has 0 aromatic heterocycles. The number of amides is 3. The van der Waals surface area contributed by atoms with Crippen molar-refractivity contribution in [1.29, 1.82) is 0 Å². The van der Waals surface area contributed by atoms with Gasteiger partial charge in [0.2, 0.25) is 5.91 Å². The number of carbonyl (C=O) groups excluding carboxylic acids is 3. The molecule has 1 aliphatic rings. The number of anilines is 1. The molecule has 5 nitrogen and oxygen atoms in total. The van der Waals surface area contributed by atoms with Gasteiger partial charge in [0.15, 0.2) is 0 Å². The summed E-state index contributed by atoms with van der Waals surface area (Å²) in [7, 11) is 0. The first-order valence-electron chi connectivity index (χ1n) is 11.9. The van der Waals surface area contributed by atoms with E-state index < -0.39 is 0 Å². The second-order valence-electron chi connectivity index (χ2n) is 8.48. The maximum atomic E-state index is 12.3. The molecule has 0 unspecified atom stereocenters.